The van der Waals surface area contributed by atoms with E-state index in [0.29, 0.717) is 0 Å². The van der Waals surface area contributed by atoms with Crippen LogP contribution >= 0.6 is 0 Å². The quantitative estimate of drug-likeness (QED) is 0.858. The van der Waals surface area contributed by atoms with Crippen LogP contribution in [0.4, 0.5) is 10.3 Å². The number of aromatic amines is 1. The maximum atomic E-state index is 13.3. The van der Waals surface area contributed by atoms with Crippen molar-refractivity contribution in [1.29, 1.82) is 0 Å². The van der Waals surface area contributed by atoms with Gasteiger partial charge < -0.3 is 4.74 Å². The minimum absolute atomic E-state index is 0.0257. The van der Waals surface area contributed by atoms with Crippen LogP contribution in [0.5, 0.6) is 5.75 Å². The second kappa shape index (κ2) is 5.26. The Kier molecular flexibility index (Phi) is 3.52. The molecular formula is C11H11FN4O2. The number of carbonyl (C=O) groups excluding carboxylic acids is 1. The minimum atomic E-state index is -0.855. The van der Waals surface area contributed by atoms with Crippen LogP contribution in [0, 0.1) is 5.82 Å². The summed E-state index contributed by atoms with van der Waals surface area (Å²) in [4.78, 5) is 15.4. The van der Waals surface area contributed by atoms with Crippen LogP contribution in [-0.2, 0) is 4.79 Å². The van der Waals surface area contributed by atoms with E-state index in [9.17, 15) is 9.18 Å². The van der Waals surface area contributed by atoms with E-state index < -0.39 is 17.8 Å². The fraction of sp³-hybridized carbons (Fsp3) is 0.182. The van der Waals surface area contributed by atoms with Crippen LogP contribution in [0.3, 0.4) is 0 Å². The number of hydrogen-bond acceptors (Lipinski definition) is 4. The first-order chi connectivity index (χ1) is 8.66. The number of carbonyl (C=O) groups is 1. The maximum Gasteiger partial charge on any atom is 0.267 e. The molecule has 0 bridgehead atoms. The van der Waals surface area contributed by atoms with Gasteiger partial charge in [-0.15, -0.1) is 0 Å². The zero-order valence-corrected chi connectivity index (χ0v) is 9.55. The Balaban J connectivity index is 1.97. The molecule has 6 nitrogen and oxygen atoms in total. The molecule has 1 heterocycles. The molecule has 0 saturated heterocycles. The normalized spacial score (nSPS) is 11.9. The minimum Gasteiger partial charge on any atom is -0.478 e. The molecule has 2 N–H and O–H groups in total. The lowest BCUT2D eigenvalue weighted by Crippen LogP contribution is -2.30. The molecule has 0 spiro atoms. The van der Waals surface area contributed by atoms with Gasteiger partial charge >= 0.3 is 0 Å². The number of nitrogens with one attached hydrogen (secondary N) is 2. The van der Waals surface area contributed by atoms with Crippen LogP contribution in [0.1, 0.15) is 6.92 Å². The number of aromatic nitrogens is 3. The third kappa shape index (κ3) is 2.82. The first-order valence-corrected chi connectivity index (χ1v) is 5.24. The van der Waals surface area contributed by atoms with Crippen LogP contribution in [0.15, 0.2) is 30.6 Å². The van der Waals surface area contributed by atoms with Crippen LogP contribution < -0.4 is 10.1 Å². The lowest BCUT2D eigenvalue weighted by atomic mass is 10.3. The van der Waals surface area contributed by atoms with E-state index in [-0.39, 0.29) is 11.7 Å². The number of nitrogens with zero attached hydrogens (tertiary/aromatic N) is 2. The monoisotopic (exact) mass is 250 g/mol. The van der Waals surface area contributed by atoms with Gasteiger partial charge in [-0.25, -0.2) is 9.49 Å². The number of hydrogen-bond donors (Lipinski definition) is 2. The molecule has 1 atom stereocenters. The summed E-state index contributed by atoms with van der Waals surface area (Å²) < 4.78 is 18.5. The summed E-state index contributed by atoms with van der Waals surface area (Å²) in [7, 11) is 0. The Morgan fingerprint density at radius 3 is 2.94 bits per heavy atom. The van der Waals surface area contributed by atoms with Crippen molar-refractivity contribution in [2.75, 3.05) is 5.32 Å². The first-order valence-electron chi connectivity index (χ1n) is 5.24. The Labute approximate surface area is 102 Å². The van der Waals surface area contributed by atoms with Crippen molar-refractivity contribution in [3.63, 3.8) is 0 Å². The predicted octanol–water partition coefficient (Wildman–Crippen LogP) is 1.35. The topological polar surface area (TPSA) is 79.9 Å². The van der Waals surface area contributed by atoms with Crippen LogP contribution in [0.25, 0.3) is 0 Å². The lowest BCUT2D eigenvalue weighted by Gasteiger charge is -2.13. The Morgan fingerprint density at radius 1 is 1.50 bits per heavy atom. The molecule has 0 aliphatic carbocycles. The number of para-hydroxylation sites is 1. The molecule has 1 amide bonds. The van der Waals surface area contributed by atoms with E-state index in [1.54, 1.807) is 12.1 Å². The van der Waals surface area contributed by atoms with Gasteiger partial charge in [-0.2, -0.15) is 10.1 Å². The standard InChI is InChI=1S/C11H11FN4O2/c1-7(10(17)15-11-13-6-14-16-11)18-9-5-3-2-4-8(9)12/h2-7H,1H3,(H2,13,14,15,16,17). The van der Waals surface area contributed by atoms with Crippen molar-refractivity contribution in [2.24, 2.45) is 0 Å². The maximum absolute atomic E-state index is 13.3. The van der Waals surface area contributed by atoms with Crippen molar-refractivity contribution in [1.82, 2.24) is 15.2 Å². The SMILES string of the molecule is CC(Oc1ccccc1F)C(=O)Nc1ncn[nH]1. The third-order valence-electron chi connectivity index (χ3n) is 2.17. The summed E-state index contributed by atoms with van der Waals surface area (Å²) in [6, 6.07) is 5.88. The molecule has 0 fully saturated rings. The Morgan fingerprint density at radius 2 is 2.28 bits per heavy atom. The van der Waals surface area contributed by atoms with Gasteiger partial charge in [0.15, 0.2) is 17.7 Å². The summed E-state index contributed by atoms with van der Waals surface area (Å²) in [6.07, 6.45) is 0.407. The van der Waals surface area contributed by atoms with E-state index in [1.807, 2.05) is 0 Å². The molecule has 94 valence electrons. The second-order valence-electron chi connectivity index (χ2n) is 3.51. The Hall–Kier alpha value is -2.44. The van der Waals surface area contributed by atoms with Crippen molar-refractivity contribution >= 4 is 11.9 Å². The molecular weight excluding hydrogens is 239 g/mol. The molecule has 0 saturated carbocycles. The first kappa shape index (κ1) is 12.0. The molecule has 0 radical (unpaired) electrons. The zero-order chi connectivity index (χ0) is 13.0. The predicted molar refractivity (Wildman–Crippen MR) is 61.5 cm³/mol. The van der Waals surface area contributed by atoms with Gasteiger partial charge in [0.25, 0.3) is 5.91 Å². The van der Waals surface area contributed by atoms with E-state index in [2.05, 4.69) is 20.5 Å². The number of anilines is 1. The molecule has 1 aromatic carbocycles. The fourth-order valence-electron chi connectivity index (χ4n) is 1.27. The van der Waals surface area contributed by atoms with Crippen molar-refractivity contribution in [3.05, 3.63) is 36.4 Å². The number of amides is 1. The molecule has 0 aliphatic heterocycles. The smallest absolute Gasteiger partial charge is 0.267 e. The van der Waals surface area contributed by atoms with Crippen molar-refractivity contribution in [2.45, 2.75) is 13.0 Å². The largest absolute Gasteiger partial charge is 0.478 e. The van der Waals surface area contributed by atoms with Gasteiger partial charge in [0, 0.05) is 0 Å². The molecule has 2 aromatic rings. The van der Waals surface area contributed by atoms with Crippen LogP contribution in [0.2, 0.25) is 0 Å². The Bertz CT molecular complexity index is 530. The average Bonchev–Trinajstić information content (AvgIpc) is 2.84. The highest BCUT2D eigenvalue weighted by Crippen LogP contribution is 2.17. The molecule has 7 heteroatoms. The summed E-state index contributed by atoms with van der Waals surface area (Å²) in [6.45, 7) is 1.51. The van der Waals surface area contributed by atoms with E-state index in [0.717, 1.165) is 0 Å². The van der Waals surface area contributed by atoms with Gasteiger partial charge in [0.2, 0.25) is 5.95 Å². The van der Waals surface area contributed by atoms with E-state index in [4.69, 9.17) is 4.74 Å². The summed E-state index contributed by atoms with van der Waals surface area (Å²) in [5.41, 5.74) is 0. The van der Waals surface area contributed by atoms with Gasteiger partial charge in [-0.3, -0.25) is 10.1 Å². The number of ether oxygens (including phenoxy) is 1. The summed E-state index contributed by atoms with van der Waals surface area (Å²) in [5.74, 6) is -0.728. The highest BCUT2D eigenvalue weighted by atomic mass is 19.1. The zero-order valence-electron chi connectivity index (χ0n) is 9.55. The summed E-state index contributed by atoms with van der Waals surface area (Å²) >= 11 is 0. The molecule has 2 rings (SSSR count). The van der Waals surface area contributed by atoms with Crippen LogP contribution in [-0.4, -0.2) is 27.2 Å². The van der Waals surface area contributed by atoms with Crippen molar-refractivity contribution < 1.29 is 13.9 Å². The number of rotatable bonds is 4. The fourth-order valence-corrected chi connectivity index (χ4v) is 1.27. The van der Waals surface area contributed by atoms with Crippen molar-refractivity contribution in [3.8, 4) is 5.75 Å². The molecule has 1 unspecified atom stereocenters. The molecule has 0 aliphatic rings. The number of H-pyrrole nitrogens is 1. The second-order valence-corrected chi connectivity index (χ2v) is 3.51. The molecule has 18 heavy (non-hydrogen) atoms. The number of halogens is 1. The number of benzene rings is 1. The van der Waals surface area contributed by atoms with E-state index in [1.165, 1.54) is 25.4 Å². The molecule has 1 aromatic heterocycles. The third-order valence-corrected chi connectivity index (χ3v) is 2.17. The van der Waals surface area contributed by atoms with Gasteiger partial charge in [0.1, 0.15) is 6.33 Å². The summed E-state index contributed by atoms with van der Waals surface area (Å²) in [5, 5.41) is 8.50. The van der Waals surface area contributed by atoms with Gasteiger partial charge in [0.05, 0.1) is 0 Å². The highest BCUT2D eigenvalue weighted by molar-refractivity contribution is 5.92. The van der Waals surface area contributed by atoms with E-state index >= 15 is 0 Å². The highest BCUT2D eigenvalue weighted by Gasteiger charge is 2.17. The average molecular weight is 250 g/mol. The van der Waals surface area contributed by atoms with Gasteiger partial charge in [-0.1, -0.05) is 12.1 Å². The lowest BCUT2D eigenvalue weighted by molar-refractivity contribution is -0.122. The van der Waals surface area contributed by atoms with Gasteiger partial charge in [-0.05, 0) is 19.1 Å².